The van der Waals surface area contributed by atoms with E-state index in [1.807, 2.05) is 30.5 Å². The standard InChI is InChI=1S/C12H11NO.BrH/c1-2-7-13-8-3-4-10-9-11(14)5-6-12(10)13;/h2-6,8-9H,1,7H2;1H. The monoisotopic (exact) mass is 265 g/mol. The van der Waals surface area contributed by atoms with Crippen LogP contribution in [0.5, 0.6) is 5.75 Å². The zero-order valence-electron chi connectivity index (χ0n) is 8.23. The minimum absolute atomic E-state index is 0. The third-order valence-corrected chi connectivity index (χ3v) is 2.19. The number of aromatic hydroxyl groups is 1. The van der Waals surface area contributed by atoms with Crippen LogP contribution in [-0.2, 0) is 6.54 Å². The van der Waals surface area contributed by atoms with Gasteiger partial charge in [-0.25, -0.2) is 0 Å². The van der Waals surface area contributed by atoms with E-state index in [2.05, 4.69) is 11.1 Å². The number of fused-ring (bicyclic) bond motifs is 1. The summed E-state index contributed by atoms with van der Waals surface area (Å²) in [5, 5.41) is 10.4. The van der Waals surface area contributed by atoms with Gasteiger partial charge in [0.25, 0.3) is 0 Å². The summed E-state index contributed by atoms with van der Waals surface area (Å²) in [4.78, 5) is 0. The van der Waals surface area contributed by atoms with Gasteiger partial charge in [-0.1, -0.05) is 6.58 Å². The number of aromatic nitrogens is 1. The van der Waals surface area contributed by atoms with E-state index in [1.165, 1.54) is 0 Å². The van der Waals surface area contributed by atoms with Crippen molar-refractivity contribution in [1.29, 1.82) is 0 Å². The van der Waals surface area contributed by atoms with Gasteiger partial charge in [-0.3, -0.25) is 0 Å². The van der Waals surface area contributed by atoms with E-state index >= 15 is 0 Å². The van der Waals surface area contributed by atoms with Crippen molar-refractivity contribution < 1.29 is 26.7 Å². The summed E-state index contributed by atoms with van der Waals surface area (Å²) < 4.78 is 2.09. The summed E-state index contributed by atoms with van der Waals surface area (Å²) in [5.41, 5.74) is 1.10. The average molecular weight is 266 g/mol. The Labute approximate surface area is 99.3 Å². The summed E-state index contributed by atoms with van der Waals surface area (Å²) in [6.07, 6.45) is 3.85. The molecule has 0 aliphatic carbocycles. The van der Waals surface area contributed by atoms with E-state index in [9.17, 15) is 5.11 Å². The van der Waals surface area contributed by atoms with E-state index in [0.29, 0.717) is 5.75 Å². The van der Waals surface area contributed by atoms with Gasteiger partial charge in [0.1, 0.15) is 5.75 Å². The number of hydrogen-bond donors (Lipinski definition) is 1. The molecule has 1 heterocycles. The van der Waals surface area contributed by atoms with Crippen molar-refractivity contribution in [1.82, 2.24) is 0 Å². The molecule has 0 fully saturated rings. The van der Waals surface area contributed by atoms with Crippen LogP contribution in [0.2, 0.25) is 0 Å². The zero-order chi connectivity index (χ0) is 9.97. The highest BCUT2D eigenvalue weighted by molar-refractivity contribution is 5.76. The maximum atomic E-state index is 9.32. The number of pyridine rings is 1. The molecule has 3 heteroatoms. The van der Waals surface area contributed by atoms with Gasteiger partial charge in [-0.2, -0.15) is 4.57 Å². The molecule has 2 aromatic rings. The van der Waals surface area contributed by atoms with Crippen LogP contribution in [0, 0.1) is 0 Å². The topological polar surface area (TPSA) is 24.1 Å². The molecule has 1 aromatic heterocycles. The number of phenolic OH excluding ortho intramolecular Hbond substituents is 1. The Balaban J connectivity index is 0.00000112. The molecule has 0 unspecified atom stereocenters. The van der Waals surface area contributed by atoms with Crippen molar-refractivity contribution in [3.8, 4) is 5.75 Å². The first kappa shape index (κ1) is 11.7. The second-order valence-electron chi connectivity index (χ2n) is 3.19. The molecule has 2 nitrogen and oxygen atoms in total. The molecule has 0 bridgehead atoms. The molecule has 78 valence electrons. The maximum Gasteiger partial charge on any atom is 0.213 e. The van der Waals surface area contributed by atoms with E-state index in [0.717, 1.165) is 17.4 Å². The third-order valence-electron chi connectivity index (χ3n) is 2.19. The Morgan fingerprint density at radius 3 is 2.87 bits per heavy atom. The first-order chi connectivity index (χ1) is 6.81. The Bertz CT molecular complexity index is 482. The summed E-state index contributed by atoms with van der Waals surface area (Å²) in [7, 11) is 0. The lowest BCUT2D eigenvalue weighted by Crippen LogP contribution is -3.00. The van der Waals surface area contributed by atoms with Crippen LogP contribution >= 0.6 is 0 Å². The van der Waals surface area contributed by atoms with Gasteiger partial charge in [-0.15, -0.1) is 0 Å². The molecule has 15 heavy (non-hydrogen) atoms. The number of nitrogens with zero attached hydrogens (tertiary/aromatic N) is 1. The van der Waals surface area contributed by atoms with E-state index < -0.39 is 0 Å². The molecule has 0 saturated carbocycles. The highest BCUT2D eigenvalue weighted by Gasteiger charge is 2.05. The molecule has 2 rings (SSSR count). The molecule has 0 aliphatic heterocycles. The summed E-state index contributed by atoms with van der Waals surface area (Å²) in [6.45, 7) is 4.49. The third kappa shape index (κ3) is 2.36. The Morgan fingerprint density at radius 1 is 1.33 bits per heavy atom. The quantitative estimate of drug-likeness (QED) is 0.548. The van der Waals surface area contributed by atoms with Gasteiger partial charge in [0, 0.05) is 12.1 Å². The zero-order valence-corrected chi connectivity index (χ0v) is 9.81. The molecule has 0 radical (unpaired) electrons. The van der Waals surface area contributed by atoms with E-state index in [4.69, 9.17) is 0 Å². The van der Waals surface area contributed by atoms with Gasteiger partial charge in [-0.05, 0) is 24.3 Å². The molecule has 0 saturated heterocycles. The van der Waals surface area contributed by atoms with Crippen molar-refractivity contribution in [3.63, 3.8) is 0 Å². The number of rotatable bonds is 2. The van der Waals surface area contributed by atoms with Crippen LogP contribution in [0.25, 0.3) is 10.9 Å². The van der Waals surface area contributed by atoms with Gasteiger partial charge in [0.05, 0.1) is 5.39 Å². The number of phenols is 1. The molecular formula is C12H12BrNO. The summed E-state index contributed by atoms with van der Waals surface area (Å²) in [6, 6.07) is 9.31. The van der Waals surface area contributed by atoms with E-state index in [1.54, 1.807) is 12.1 Å². The number of benzene rings is 1. The summed E-state index contributed by atoms with van der Waals surface area (Å²) >= 11 is 0. The molecule has 0 aliphatic rings. The fourth-order valence-corrected chi connectivity index (χ4v) is 1.57. The van der Waals surface area contributed by atoms with Gasteiger partial charge in [0.15, 0.2) is 12.7 Å². The highest BCUT2D eigenvalue weighted by Crippen LogP contribution is 2.16. The van der Waals surface area contributed by atoms with Crippen LogP contribution < -0.4 is 21.5 Å². The lowest BCUT2D eigenvalue weighted by molar-refractivity contribution is -0.660. The predicted octanol–water partition coefficient (Wildman–Crippen LogP) is -0.977. The van der Waals surface area contributed by atoms with Crippen LogP contribution in [0.3, 0.4) is 0 Å². The van der Waals surface area contributed by atoms with Gasteiger partial charge in [0.2, 0.25) is 5.52 Å². The lowest BCUT2D eigenvalue weighted by Gasteiger charge is -1.98. The molecule has 0 amide bonds. The van der Waals surface area contributed by atoms with E-state index in [-0.39, 0.29) is 17.0 Å². The molecule has 1 N–H and O–H groups in total. The largest absolute Gasteiger partial charge is 1.00 e. The Morgan fingerprint density at radius 2 is 2.13 bits per heavy atom. The van der Waals surface area contributed by atoms with Crippen LogP contribution in [-0.4, -0.2) is 5.11 Å². The van der Waals surface area contributed by atoms with Crippen LogP contribution in [0.1, 0.15) is 0 Å². The summed E-state index contributed by atoms with van der Waals surface area (Å²) in [5.74, 6) is 0.300. The fraction of sp³-hybridized carbons (Fsp3) is 0.0833. The first-order valence-electron chi connectivity index (χ1n) is 4.53. The van der Waals surface area contributed by atoms with Gasteiger partial charge >= 0.3 is 0 Å². The van der Waals surface area contributed by atoms with Crippen molar-refractivity contribution in [2.45, 2.75) is 6.54 Å². The maximum absolute atomic E-state index is 9.32. The second kappa shape index (κ2) is 4.94. The van der Waals surface area contributed by atoms with Crippen molar-refractivity contribution in [3.05, 3.63) is 49.2 Å². The fourth-order valence-electron chi connectivity index (χ4n) is 1.57. The Kier molecular flexibility index (Phi) is 3.86. The van der Waals surface area contributed by atoms with Crippen molar-refractivity contribution in [2.75, 3.05) is 0 Å². The van der Waals surface area contributed by atoms with Crippen LogP contribution in [0.4, 0.5) is 0 Å². The minimum atomic E-state index is 0. The SMILES string of the molecule is C=CC[n+]1cccc2cc(O)ccc21.[Br-]. The van der Waals surface area contributed by atoms with Crippen molar-refractivity contribution in [2.24, 2.45) is 0 Å². The molecular weight excluding hydrogens is 254 g/mol. The lowest BCUT2D eigenvalue weighted by atomic mass is 10.2. The normalized spacial score (nSPS) is 9.60. The first-order valence-corrected chi connectivity index (χ1v) is 4.53. The number of hydrogen-bond acceptors (Lipinski definition) is 1. The second-order valence-corrected chi connectivity index (χ2v) is 3.19. The number of allylic oxidation sites excluding steroid dienone is 1. The van der Waals surface area contributed by atoms with Gasteiger partial charge < -0.3 is 22.1 Å². The minimum Gasteiger partial charge on any atom is -1.00 e. The molecule has 0 spiro atoms. The van der Waals surface area contributed by atoms with Crippen LogP contribution in [0.15, 0.2) is 49.2 Å². The number of halogens is 1. The average Bonchev–Trinajstić information content (AvgIpc) is 2.18. The highest BCUT2D eigenvalue weighted by atomic mass is 79.9. The molecule has 0 atom stereocenters. The predicted molar refractivity (Wildman–Crippen MR) is 56.0 cm³/mol. The molecule has 1 aromatic carbocycles. The smallest absolute Gasteiger partial charge is 0.213 e. The Hall–Kier alpha value is -1.35. The van der Waals surface area contributed by atoms with Crippen molar-refractivity contribution >= 4 is 10.9 Å².